The number of hydrogen-bond donors (Lipinski definition) is 1. The first kappa shape index (κ1) is 16.4. The maximum Gasteiger partial charge on any atom is 0.110 e. The summed E-state index contributed by atoms with van der Waals surface area (Å²) in [6.07, 6.45) is 6.90. The molecule has 132 valence electrons. The molecule has 4 rings (SSSR count). The molecule has 0 spiro atoms. The topological polar surface area (TPSA) is 42.0 Å². The molecule has 1 N–H and O–H groups in total. The van der Waals surface area contributed by atoms with Crippen LogP contribution >= 0.6 is 0 Å². The summed E-state index contributed by atoms with van der Waals surface area (Å²) in [5, 5.41) is 10.6. The van der Waals surface area contributed by atoms with Crippen LogP contribution in [0, 0.1) is 22.7 Å². The van der Waals surface area contributed by atoms with Gasteiger partial charge in [-0.2, -0.15) is 0 Å². The average molecular weight is 322 g/mol. The molecule has 23 heavy (non-hydrogen) atoms. The van der Waals surface area contributed by atoms with Crippen LogP contribution in [0.5, 0.6) is 0 Å². The predicted molar refractivity (Wildman–Crippen MR) is 90.2 cm³/mol. The molecule has 2 aliphatic carbocycles. The molecule has 7 atom stereocenters. The summed E-state index contributed by atoms with van der Waals surface area (Å²) in [5.74, 6) is 1.20. The fourth-order valence-electron chi connectivity index (χ4n) is 6.90. The van der Waals surface area contributed by atoms with Crippen LogP contribution in [-0.2, 0) is 9.47 Å². The van der Waals surface area contributed by atoms with Gasteiger partial charge in [-0.1, -0.05) is 20.8 Å². The second-order valence-electron chi connectivity index (χ2n) is 10.1. The molecule has 4 aliphatic rings. The van der Waals surface area contributed by atoms with Gasteiger partial charge in [0.05, 0.1) is 23.9 Å². The first-order valence-corrected chi connectivity index (χ1v) is 9.62. The summed E-state index contributed by atoms with van der Waals surface area (Å²) >= 11 is 0. The standard InChI is InChI=1S/C20H34O3/c1-17(2)13-6-10-19(4)14(18(13,3)9-8-15(17)21)7-11-20(5,23-19)16-12-22-16/h13-16,21H,6-12H2,1-5H3/t13?,14?,15-,16+,18-,19+,20-/m1/s1. The summed E-state index contributed by atoms with van der Waals surface area (Å²) < 4.78 is 12.4. The molecule has 4 fully saturated rings. The Morgan fingerprint density at radius 1 is 0.826 bits per heavy atom. The second kappa shape index (κ2) is 4.74. The van der Waals surface area contributed by atoms with E-state index in [2.05, 4.69) is 34.6 Å². The van der Waals surface area contributed by atoms with Crippen LogP contribution in [0.4, 0.5) is 0 Å². The highest BCUT2D eigenvalue weighted by Gasteiger charge is 2.64. The van der Waals surface area contributed by atoms with Crippen molar-refractivity contribution in [1.82, 2.24) is 0 Å². The number of epoxide rings is 1. The summed E-state index contributed by atoms with van der Waals surface area (Å²) in [4.78, 5) is 0. The number of hydrogen-bond acceptors (Lipinski definition) is 3. The van der Waals surface area contributed by atoms with Crippen LogP contribution in [0.25, 0.3) is 0 Å². The zero-order chi connectivity index (χ0) is 16.7. The Labute approximate surface area is 141 Å². The SMILES string of the molecule is CC1(C)C2CC[C@]3(C)O[C@@](C)([C@@H]4CO4)CCC3[C@]2(C)CC[C@H]1O. The fraction of sp³-hybridized carbons (Fsp3) is 1.00. The van der Waals surface area contributed by atoms with Gasteiger partial charge in [0, 0.05) is 0 Å². The van der Waals surface area contributed by atoms with E-state index in [0.717, 1.165) is 32.3 Å². The Morgan fingerprint density at radius 2 is 1.43 bits per heavy atom. The molecule has 3 heteroatoms. The molecule has 0 aromatic carbocycles. The van der Waals surface area contributed by atoms with Crippen LogP contribution in [0.3, 0.4) is 0 Å². The van der Waals surface area contributed by atoms with Crippen molar-refractivity contribution in [2.75, 3.05) is 6.61 Å². The molecular formula is C20H34O3. The van der Waals surface area contributed by atoms with Crippen molar-refractivity contribution < 1.29 is 14.6 Å². The van der Waals surface area contributed by atoms with Gasteiger partial charge in [0.2, 0.25) is 0 Å². The molecule has 0 amide bonds. The lowest BCUT2D eigenvalue weighted by Crippen LogP contribution is -2.65. The summed E-state index contributed by atoms with van der Waals surface area (Å²) in [6.45, 7) is 12.6. The molecule has 0 aromatic heterocycles. The minimum atomic E-state index is -0.153. The van der Waals surface area contributed by atoms with Crippen LogP contribution < -0.4 is 0 Å². The lowest BCUT2D eigenvalue weighted by molar-refractivity contribution is -0.276. The smallest absolute Gasteiger partial charge is 0.110 e. The van der Waals surface area contributed by atoms with E-state index in [9.17, 15) is 5.11 Å². The van der Waals surface area contributed by atoms with Gasteiger partial charge < -0.3 is 14.6 Å². The normalized spacial score (nSPS) is 58.2. The Kier molecular flexibility index (Phi) is 3.37. The van der Waals surface area contributed by atoms with Crippen LogP contribution in [-0.4, -0.2) is 35.1 Å². The predicted octanol–water partition coefficient (Wildman–Crippen LogP) is 3.93. The van der Waals surface area contributed by atoms with E-state index in [4.69, 9.17) is 9.47 Å². The van der Waals surface area contributed by atoms with E-state index >= 15 is 0 Å². The molecule has 0 bridgehead atoms. The van der Waals surface area contributed by atoms with Crippen molar-refractivity contribution in [3.8, 4) is 0 Å². The van der Waals surface area contributed by atoms with Gasteiger partial charge in [0.1, 0.15) is 6.10 Å². The zero-order valence-corrected chi connectivity index (χ0v) is 15.5. The number of ether oxygens (including phenoxy) is 2. The maximum absolute atomic E-state index is 10.6. The third-order valence-corrected chi connectivity index (χ3v) is 8.38. The van der Waals surface area contributed by atoms with Gasteiger partial charge in [-0.3, -0.25) is 0 Å². The van der Waals surface area contributed by atoms with Gasteiger partial charge in [-0.05, 0) is 75.0 Å². The van der Waals surface area contributed by atoms with Gasteiger partial charge in [-0.15, -0.1) is 0 Å². The van der Waals surface area contributed by atoms with Gasteiger partial charge >= 0.3 is 0 Å². The first-order chi connectivity index (χ1) is 10.6. The van der Waals surface area contributed by atoms with E-state index in [1.165, 1.54) is 12.8 Å². The first-order valence-electron chi connectivity index (χ1n) is 9.62. The molecule has 0 aromatic rings. The highest BCUT2D eigenvalue weighted by Crippen LogP contribution is 2.66. The fourth-order valence-corrected chi connectivity index (χ4v) is 6.90. The van der Waals surface area contributed by atoms with Crippen molar-refractivity contribution in [3.05, 3.63) is 0 Å². The monoisotopic (exact) mass is 322 g/mol. The lowest BCUT2D eigenvalue weighted by Gasteiger charge is -2.66. The van der Waals surface area contributed by atoms with Crippen molar-refractivity contribution in [2.45, 2.75) is 96.6 Å². The van der Waals surface area contributed by atoms with Gasteiger partial charge in [0.15, 0.2) is 0 Å². The number of fused-ring (bicyclic) bond motifs is 3. The van der Waals surface area contributed by atoms with Crippen molar-refractivity contribution in [1.29, 1.82) is 0 Å². The Balaban J connectivity index is 1.65. The van der Waals surface area contributed by atoms with E-state index < -0.39 is 0 Å². The van der Waals surface area contributed by atoms with Crippen molar-refractivity contribution in [3.63, 3.8) is 0 Å². The quantitative estimate of drug-likeness (QED) is 0.744. The van der Waals surface area contributed by atoms with Crippen LogP contribution in [0.15, 0.2) is 0 Å². The zero-order valence-electron chi connectivity index (χ0n) is 15.5. The molecule has 3 nitrogen and oxygen atoms in total. The van der Waals surface area contributed by atoms with Crippen molar-refractivity contribution >= 4 is 0 Å². The highest BCUT2D eigenvalue weighted by molar-refractivity contribution is 5.13. The van der Waals surface area contributed by atoms with E-state index in [0.29, 0.717) is 23.4 Å². The maximum atomic E-state index is 10.6. The number of rotatable bonds is 1. The van der Waals surface area contributed by atoms with Crippen LogP contribution in [0.2, 0.25) is 0 Å². The summed E-state index contributed by atoms with van der Waals surface area (Å²) in [6, 6.07) is 0. The van der Waals surface area contributed by atoms with Gasteiger partial charge in [0.25, 0.3) is 0 Å². The average Bonchev–Trinajstić information content (AvgIpc) is 3.27. The van der Waals surface area contributed by atoms with Crippen LogP contribution in [0.1, 0.15) is 73.1 Å². The highest BCUT2D eigenvalue weighted by atomic mass is 16.6. The molecule has 2 unspecified atom stereocenters. The third-order valence-electron chi connectivity index (χ3n) is 8.38. The largest absolute Gasteiger partial charge is 0.393 e. The van der Waals surface area contributed by atoms with Gasteiger partial charge in [-0.25, -0.2) is 0 Å². The Morgan fingerprint density at radius 3 is 2.09 bits per heavy atom. The second-order valence-corrected chi connectivity index (χ2v) is 10.1. The molecule has 2 saturated heterocycles. The molecule has 2 aliphatic heterocycles. The third kappa shape index (κ3) is 2.19. The van der Waals surface area contributed by atoms with E-state index in [-0.39, 0.29) is 22.7 Å². The number of aliphatic hydroxyl groups excluding tert-OH is 1. The van der Waals surface area contributed by atoms with Crippen molar-refractivity contribution in [2.24, 2.45) is 22.7 Å². The van der Waals surface area contributed by atoms with E-state index in [1.807, 2.05) is 0 Å². The Bertz CT molecular complexity index is 499. The molecular weight excluding hydrogens is 288 g/mol. The Hall–Kier alpha value is -0.120. The summed E-state index contributed by atoms with van der Waals surface area (Å²) in [7, 11) is 0. The minimum Gasteiger partial charge on any atom is -0.393 e. The molecule has 2 heterocycles. The molecule has 0 radical (unpaired) electrons. The minimum absolute atomic E-state index is 0.0225. The number of aliphatic hydroxyl groups is 1. The van der Waals surface area contributed by atoms with E-state index in [1.54, 1.807) is 0 Å². The molecule has 2 saturated carbocycles. The lowest BCUT2D eigenvalue weighted by atomic mass is 9.44. The summed E-state index contributed by atoms with van der Waals surface area (Å²) in [5.41, 5.74) is 0.205.